The quantitative estimate of drug-likeness (QED) is 0.823. The van der Waals surface area contributed by atoms with E-state index in [0.29, 0.717) is 30.6 Å². The molecule has 0 radical (unpaired) electrons. The average molecular weight is 292 g/mol. The lowest BCUT2D eigenvalue weighted by molar-refractivity contribution is -0.134. The van der Waals surface area contributed by atoms with Crippen LogP contribution >= 0.6 is 0 Å². The Morgan fingerprint density at radius 1 is 1.38 bits per heavy atom. The number of amides is 1. The molecular weight excluding hydrogens is 264 g/mol. The summed E-state index contributed by atoms with van der Waals surface area (Å²) in [6, 6.07) is 2.18. The zero-order valence-electron chi connectivity index (χ0n) is 13.2. The minimum Gasteiger partial charge on any atom is -0.340 e. The molecule has 2 atom stereocenters. The second kappa shape index (κ2) is 8.35. The molecule has 1 N–H and O–H groups in total. The fourth-order valence-electron chi connectivity index (χ4n) is 3.36. The number of hydrogen-bond donors (Lipinski definition) is 1. The number of hydrogen-bond acceptors (Lipinski definition) is 4. The van der Waals surface area contributed by atoms with E-state index >= 15 is 0 Å². The zero-order chi connectivity index (χ0) is 15.1. The van der Waals surface area contributed by atoms with E-state index in [9.17, 15) is 4.79 Å². The minimum absolute atomic E-state index is 0.313. The molecule has 0 aromatic rings. The number of piperidine rings is 1. The van der Waals surface area contributed by atoms with Crippen LogP contribution in [0, 0.1) is 23.2 Å². The number of rotatable bonds is 5. The molecule has 0 aromatic carbocycles. The molecule has 2 aliphatic heterocycles. The summed E-state index contributed by atoms with van der Waals surface area (Å²) in [4.78, 5) is 16.7. The second-order valence-electron chi connectivity index (χ2n) is 6.42. The van der Waals surface area contributed by atoms with Gasteiger partial charge in [-0.25, -0.2) is 0 Å². The fraction of sp³-hybridized carbons (Fsp3) is 0.875. The molecule has 21 heavy (non-hydrogen) atoms. The van der Waals surface area contributed by atoms with Gasteiger partial charge in [-0.1, -0.05) is 6.92 Å². The lowest BCUT2D eigenvalue weighted by atomic mass is 9.85. The molecule has 2 aliphatic rings. The zero-order valence-corrected chi connectivity index (χ0v) is 13.2. The summed E-state index contributed by atoms with van der Waals surface area (Å²) in [6.45, 7) is 8.71. The Morgan fingerprint density at radius 3 is 2.76 bits per heavy atom. The van der Waals surface area contributed by atoms with E-state index in [4.69, 9.17) is 5.26 Å². The third kappa shape index (κ3) is 4.98. The van der Waals surface area contributed by atoms with Crippen LogP contribution in [0.5, 0.6) is 0 Å². The van der Waals surface area contributed by atoms with Crippen LogP contribution in [0.4, 0.5) is 0 Å². The summed E-state index contributed by atoms with van der Waals surface area (Å²) < 4.78 is 0. The summed E-state index contributed by atoms with van der Waals surface area (Å²) in [7, 11) is 0. The topological polar surface area (TPSA) is 59.4 Å². The van der Waals surface area contributed by atoms with Crippen molar-refractivity contribution < 1.29 is 4.79 Å². The molecule has 2 rings (SSSR count). The molecular formula is C16H28N4O. The summed E-state index contributed by atoms with van der Waals surface area (Å²) >= 11 is 0. The highest BCUT2D eigenvalue weighted by atomic mass is 16.2. The summed E-state index contributed by atoms with van der Waals surface area (Å²) in [5.41, 5.74) is 0. The van der Waals surface area contributed by atoms with Crippen LogP contribution in [0.3, 0.4) is 0 Å². The summed E-state index contributed by atoms with van der Waals surface area (Å²) in [5, 5.41) is 12.0. The Morgan fingerprint density at radius 2 is 2.14 bits per heavy atom. The molecule has 118 valence electrons. The lowest BCUT2D eigenvalue weighted by Crippen LogP contribution is -2.49. The number of nitriles is 1. The molecule has 0 aliphatic carbocycles. The highest BCUT2D eigenvalue weighted by Crippen LogP contribution is 2.23. The van der Waals surface area contributed by atoms with Crippen molar-refractivity contribution in [1.29, 1.82) is 5.26 Å². The van der Waals surface area contributed by atoms with Crippen molar-refractivity contribution in [1.82, 2.24) is 15.1 Å². The van der Waals surface area contributed by atoms with E-state index in [1.807, 2.05) is 4.90 Å². The molecule has 0 spiro atoms. The molecule has 5 nitrogen and oxygen atoms in total. The fourth-order valence-corrected chi connectivity index (χ4v) is 3.36. The Balaban J connectivity index is 1.70. The predicted octanol–water partition coefficient (Wildman–Crippen LogP) is 1.07. The van der Waals surface area contributed by atoms with Gasteiger partial charge in [0.25, 0.3) is 0 Å². The molecule has 2 heterocycles. The van der Waals surface area contributed by atoms with Crippen molar-refractivity contribution in [3.8, 4) is 6.07 Å². The number of piperazine rings is 1. The average Bonchev–Trinajstić information content (AvgIpc) is 2.54. The first-order chi connectivity index (χ1) is 10.2. The van der Waals surface area contributed by atoms with Gasteiger partial charge in [-0.3, -0.25) is 9.69 Å². The van der Waals surface area contributed by atoms with Crippen LogP contribution in [-0.2, 0) is 4.79 Å². The number of carbonyl (C=O) groups is 1. The van der Waals surface area contributed by atoms with E-state index in [-0.39, 0.29) is 0 Å². The third-order valence-corrected chi connectivity index (χ3v) is 4.90. The van der Waals surface area contributed by atoms with Gasteiger partial charge >= 0.3 is 0 Å². The molecule has 0 bridgehead atoms. The molecule has 2 fully saturated rings. The SMILES string of the molecule is CC(CC(=O)N1CCN(CCC#N)CC1)C1CCCNC1. The van der Waals surface area contributed by atoms with Crippen molar-refractivity contribution in [3.05, 3.63) is 0 Å². The standard InChI is InChI=1S/C16H28N4O/c1-14(15-4-2-6-18-13-15)12-16(21)20-10-8-19(9-11-20)7-3-5-17/h14-15,18H,2-4,6-13H2,1H3. The van der Waals surface area contributed by atoms with Gasteiger partial charge in [0, 0.05) is 45.6 Å². The highest BCUT2D eigenvalue weighted by Gasteiger charge is 2.26. The first kappa shape index (κ1) is 16.3. The predicted molar refractivity (Wildman–Crippen MR) is 82.6 cm³/mol. The van der Waals surface area contributed by atoms with E-state index < -0.39 is 0 Å². The number of nitrogens with one attached hydrogen (secondary N) is 1. The van der Waals surface area contributed by atoms with Crippen molar-refractivity contribution in [2.45, 2.75) is 32.6 Å². The second-order valence-corrected chi connectivity index (χ2v) is 6.42. The Kier molecular flexibility index (Phi) is 6.47. The van der Waals surface area contributed by atoms with Gasteiger partial charge in [-0.05, 0) is 37.8 Å². The van der Waals surface area contributed by atoms with Crippen LogP contribution in [0.2, 0.25) is 0 Å². The largest absolute Gasteiger partial charge is 0.340 e. The molecule has 1 amide bonds. The highest BCUT2D eigenvalue weighted by molar-refractivity contribution is 5.76. The van der Waals surface area contributed by atoms with Crippen molar-refractivity contribution in [2.75, 3.05) is 45.8 Å². The first-order valence-corrected chi connectivity index (χ1v) is 8.28. The first-order valence-electron chi connectivity index (χ1n) is 8.28. The number of carbonyl (C=O) groups excluding carboxylic acids is 1. The molecule has 0 saturated carbocycles. The maximum atomic E-state index is 12.4. The molecule has 2 unspecified atom stereocenters. The number of nitrogens with zero attached hydrogens (tertiary/aromatic N) is 3. The van der Waals surface area contributed by atoms with Crippen molar-refractivity contribution in [3.63, 3.8) is 0 Å². The van der Waals surface area contributed by atoms with E-state index in [0.717, 1.165) is 45.8 Å². The monoisotopic (exact) mass is 292 g/mol. The summed E-state index contributed by atoms with van der Waals surface area (Å²) in [5.74, 6) is 1.44. The van der Waals surface area contributed by atoms with Crippen LogP contribution in [0.15, 0.2) is 0 Å². The summed E-state index contributed by atoms with van der Waals surface area (Å²) in [6.07, 6.45) is 3.76. The van der Waals surface area contributed by atoms with Gasteiger partial charge in [-0.15, -0.1) is 0 Å². The van der Waals surface area contributed by atoms with Crippen LogP contribution in [0.1, 0.15) is 32.6 Å². The van der Waals surface area contributed by atoms with Gasteiger partial charge in [0.05, 0.1) is 6.07 Å². The van der Waals surface area contributed by atoms with Crippen LogP contribution in [0.25, 0.3) is 0 Å². The molecule has 0 aromatic heterocycles. The molecule has 2 saturated heterocycles. The Labute approximate surface area is 128 Å². The van der Waals surface area contributed by atoms with E-state index in [1.54, 1.807) is 0 Å². The van der Waals surface area contributed by atoms with Gasteiger partial charge in [0.1, 0.15) is 0 Å². The van der Waals surface area contributed by atoms with Gasteiger partial charge < -0.3 is 10.2 Å². The van der Waals surface area contributed by atoms with Crippen LogP contribution < -0.4 is 5.32 Å². The Hall–Kier alpha value is -1.12. The van der Waals surface area contributed by atoms with E-state index in [1.165, 1.54) is 12.8 Å². The maximum absolute atomic E-state index is 12.4. The maximum Gasteiger partial charge on any atom is 0.222 e. The lowest BCUT2D eigenvalue weighted by Gasteiger charge is -2.36. The van der Waals surface area contributed by atoms with Gasteiger partial charge in [0.15, 0.2) is 0 Å². The third-order valence-electron chi connectivity index (χ3n) is 4.90. The van der Waals surface area contributed by atoms with E-state index in [2.05, 4.69) is 23.2 Å². The van der Waals surface area contributed by atoms with Crippen LogP contribution in [-0.4, -0.2) is 61.5 Å². The van der Waals surface area contributed by atoms with Gasteiger partial charge in [-0.2, -0.15) is 5.26 Å². The molecule has 5 heteroatoms. The minimum atomic E-state index is 0.313. The van der Waals surface area contributed by atoms with Crippen molar-refractivity contribution in [2.24, 2.45) is 11.8 Å². The normalized spacial score (nSPS) is 25.3. The van der Waals surface area contributed by atoms with Crippen molar-refractivity contribution >= 4 is 5.91 Å². The smallest absolute Gasteiger partial charge is 0.222 e. The Bertz CT molecular complexity index is 365. The van der Waals surface area contributed by atoms with Gasteiger partial charge in [0.2, 0.25) is 5.91 Å².